The fraction of sp³-hybridized carbons (Fsp3) is 0.462. The summed E-state index contributed by atoms with van der Waals surface area (Å²) in [5.74, 6) is -0.604. The molecule has 1 fully saturated rings. The van der Waals surface area contributed by atoms with E-state index in [1.165, 1.54) is 4.90 Å². The largest absolute Gasteiger partial charge is 0.352 e. The lowest BCUT2D eigenvalue weighted by Crippen LogP contribution is -2.54. The van der Waals surface area contributed by atoms with Crippen LogP contribution in [0.15, 0.2) is 54.6 Å². The maximum atomic E-state index is 13.6. The van der Waals surface area contributed by atoms with Gasteiger partial charge >= 0.3 is 0 Å². The number of carbonyl (C=O) groups excluding carboxylic acids is 2. The van der Waals surface area contributed by atoms with Gasteiger partial charge in [0.2, 0.25) is 21.8 Å². The summed E-state index contributed by atoms with van der Waals surface area (Å²) in [6.07, 6.45) is 6.11. The minimum atomic E-state index is -3.76. The highest BCUT2D eigenvalue weighted by Gasteiger charge is 2.32. The molecular weight excluding hydrogens is 486 g/mol. The summed E-state index contributed by atoms with van der Waals surface area (Å²) in [6, 6.07) is 15.5. The Morgan fingerprint density at radius 3 is 2.26 bits per heavy atom. The SMILES string of the molecule is CC[C@H](C(=O)NC1CCCC1)N(CCc1ccccc1)C(=O)CN(c1ccc(Cl)cc1)S(C)(=O)=O. The van der Waals surface area contributed by atoms with Gasteiger partial charge in [-0.3, -0.25) is 13.9 Å². The van der Waals surface area contributed by atoms with Crippen molar-refractivity contribution < 1.29 is 18.0 Å². The zero-order chi connectivity index (χ0) is 25.4. The molecule has 1 N–H and O–H groups in total. The van der Waals surface area contributed by atoms with Crippen LogP contribution in [0.3, 0.4) is 0 Å². The molecule has 1 saturated carbocycles. The first-order valence-electron chi connectivity index (χ1n) is 12.1. The molecule has 35 heavy (non-hydrogen) atoms. The Morgan fingerprint density at radius 2 is 1.69 bits per heavy atom. The number of carbonyl (C=O) groups is 2. The van der Waals surface area contributed by atoms with E-state index in [9.17, 15) is 18.0 Å². The van der Waals surface area contributed by atoms with Gasteiger partial charge in [-0.15, -0.1) is 0 Å². The van der Waals surface area contributed by atoms with Crippen LogP contribution >= 0.6 is 11.6 Å². The molecule has 2 aromatic rings. The first-order valence-corrected chi connectivity index (χ1v) is 14.3. The number of halogens is 1. The third kappa shape index (κ3) is 7.70. The summed E-state index contributed by atoms with van der Waals surface area (Å²) in [4.78, 5) is 28.4. The normalized spacial score (nSPS) is 14.9. The first-order chi connectivity index (χ1) is 16.7. The highest BCUT2D eigenvalue weighted by Crippen LogP contribution is 2.22. The van der Waals surface area contributed by atoms with Gasteiger partial charge in [0.05, 0.1) is 11.9 Å². The molecule has 0 radical (unpaired) electrons. The molecule has 0 bridgehead atoms. The molecule has 1 aliphatic carbocycles. The fourth-order valence-electron chi connectivity index (χ4n) is 4.48. The van der Waals surface area contributed by atoms with Gasteiger partial charge in [-0.2, -0.15) is 0 Å². The summed E-state index contributed by atoms with van der Waals surface area (Å²) in [5.41, 5.74) is 1.38. The number of sulfonamides is 1. The van der Waals surface area contributed by atoms with Gasteiger partial charge in [-0.25, -0.2) is 8.42 Å². The highest BCUT2D eigenvalue weighted by atomic mass is 35.5. The molecule has 1 atom stereocenters. The zero-order valence-corrected chi connectivity index (χ0v) is 21.9. The van der Waals surface area contributed by atoms with Gasteiger partial charge in [0.1, 0.15) is 12.6 Å². The van der Waals surface area contributed by atoms with Crippen molar-refractivity contribution in [1.82, 2.24) is 10.2 Å². The average Bonchev–Trinajstić information content (AvgIpc) is 3.33. The third-order valence-corrected chi connectivity index (χ3v) is 7.76. The summed E-state index contributed by atoms with van der Waals surface area (Å²) in [7, 11) is -3.76. The van der Waals surface area contributed by atoms with Crippen LogP contribution in [0, 0.1) is 0 Å². The highest BCUT2D eigenvalue weighted by molar-refractivity contribution is 7.92. The summed E-state index contributed by atoms with van der Waals surface area (Å²) in [5, 5.41) is 3.57. The number of nitrogens with zero attached hydrogens (tertiary/aromatic N) is 2. The van der Waals surface area contributed by atoms with Crippen molar-refractivity contribution in [2.45, 2.75) is 57.5 Å². The minimum absolute atomic E-state index is 0.129. The Labute approximate surface area is 213 Å². The van der Waals surface area contributed by atoms with E-state index in [0.717, 1.165) is 41.8 Å². The van der Waals surface area contributed by atoms with Crippen LogP contribution in [0.25, 0.3) is 0 Å². The van der Waals surface area contributed by atoms with E-state index in [4.69, 9.17) is 11.6 Å². The van der Waals surface area contributed by atoms with Gasteiger partial charge in [-0.05, 0) is 55.5 Å². The second-order valence-corrected chi connectivity index (χ2v) is 11.3. The number of benzene rings is 2. The minimum Gasteiger partial charge on any atom is -0.352 e. The van der Waals surface area contributed by atoms with Crippen LogP contribution in [-0.4, -0.2) is 56.6 Å². The van der Waals surface area contributed by atoms with E-state index >= 15 is 0 Å². The van der Waals surface area contributed by atoms with Crippen molar-refractivity contribution in [2.24, 2.45) is 0 Å². The molecule has 2 amide bonds. The lowest BCUT2D eigenvalue weighted by atomic mass is 10.1. The molecule has 2 aromatic carbocycles. The molecule has 0 aromatic heterocycles. The van der Waals surface area contributed by atoms with Crippen molar-refractivity contribution in [1.29, 1.82) is 0 Å². The molecule has 0 saturated heterocycles. The van der Waals surface area contributed by atoms with E-state index in [1.807, 2.05) is 37.3 Å². The topological polar surface area (TPSA) is 86.8 Å². The fourth-order valence-corrected chi connectivity index (χ4v) is 5.46. The molecule has 0 heterocycles. The van der Waals surface area contributed by atoms with Crippen molar-refractivity contribution in [3.05, 3.63) is 65.2 Å². The Kier molecular flexibility index (Phi) is 9.57. The predicted octanol–water partition coefficient (Wildman–Crippen LogP) is 4.01. The smallest absolute Gasteiger partial charge is 0.244 e. The molecule has 1 aliphatic rings. The quantitative estimate of drug-likeness (QED) is 0.486. The first kappa shape index (κ1) is 27.0. The van der Waals surface area contributed by atoms with Crippen molar-refractivity contribution in [3.8, 4) is 0 Å². The third-order valence-electron chi connectivity index (χ3n) is 6.37. The molecule has 0 unspecified atom stereocenters. The standard InChI is InChI=1S/C26H34ClN3O4S/c1-3-24(26(32)28-22-11-7-8-12-22)29(18-17-20-9-5-4-6-10-20)25(31)19-30(35(2,33)34)23-15-13-21(27)14-16-23/h4-6,9-10,13-16,22,24H,3,7-8,11-12,17-19H2,1-2H3,(H,28,32)/t24-/m1/s1. The van der Waals surface area contributed by atoms with Crippen molar-refractivity contribution in [3.63, 3.8) is 0 Å². The maximum Gasteiger partial charge on any atom is 0.244 e. The number of rotatable bonds is 11. The Balaban J connectivity index is 1.85. The molecule has 7 nitrogen and oxygen atoms in total. The van der Waals surface area contributed by atoms with E-state index in [0.29, 0.717) is 30.1 Å². The van der Waals surface area contributed by atoms with E-state index in [2.05, 4.69) is 5.32 Å². The average molecular weight is 520 g/mol. The van der Waals surface area contributed by atoms with Crippen LogP contribution in [0.4, 0.5) is 5.69 Å². The van der Waals surface area contributed by atoms with E-state index < -0.39 is 28.5 Å². The number of hydrogen-bond donors (Lipinski definition) is 1. The summed E-state index contributed by atoms with van der Waals surface area (Å²) >= 11 is 5.96. The monoisotopic (exact) mass is 519 g/mol. The number of anilines is 1. The van der Waals surface area contributed by atoms with Crippen LogP contribution in [0.2, 0.25) is 5.02 Å². The van der Waals surface area contributed by atoms with Crippen LogP contribution < -0.4 is 9.62 Å². The molecule has 0 spiro atoms. The van der Waals surface area contributed by atoms with Gasteiger partial charge in [0.15, 0.2) is 0 Å². The molecule has 3 rings (SSSR count). The van der Waals surface area contributed by atoms with Crippen molar-refractivity contribution in [2.75, 3.05) is 23.7 Å². The number of hydrogen-bond acceptors (Lipinski definition) is 4. The van der Waals surface area contributed by atoms with Crippen LogP contribution in [0.1, 0.15) is 44.6 Å². The molecular formula is C26H34ClN3O4S. The number of amides is 2. The molecule has 0 aliphatic heterocycles. The maximum absolute atomic E-state index is 13.6. The predicted molar refractivity (Wildman–Crippen MR) is 140 cm³/mol. The lowest BCUT2D eigenvalue weighted by molar-refractivity contribution is -0.139. The van der Waals surface area contributed by atoms with Gasteiger partial charge in [-0.1, -0.05) is 61.7 Å². The number of nitrogens with one attached hydrogen (secondary N) is 1. The van der Waals surface area contributed by atoms with Gasteiger partial charge in [0, 0.05) is 17.6 Å². The van der Waals surface area contributed by atoms with E-state index in [1.54, 1.807) is 24.3 Å². The summed E-state index contributed by atoms with van der Waals surface area (Å²) in [6.45, 7) is 1.77. The Hall–Kier alpha value is -2.58. The Bertz CT molecular complexity index is 1090. The summed E-state index contributed by atoms with van der Waals surface area (Å²) < 4.78 is 26.3. The van der Waals surface area contributed by atoms with Crippen LogP contribution in [0.5, 0.6) is 0 Å². The van der Waals surface area contributed by atoms with Gasteiger partial charge < -0.3 is 10.2 Å². The second-order valence-electron chi connectivity index (χ2n) is 8.98. The molecule has 9 heteroatoms. The zero-order valence-electron chi connectivity index (χ0n) is 20.3. The van der Waals surface area contributed by atoms with Crippen LogP contribution in [-0.2, 0) is 26.0 Å². The lowest BCUT2D eigenvalue weighted by Gasteiger charge is -2.33. The Morgan fingerprint density at radius 1 is 1.06 bits per heavy atom. The van der Waals surface area contributed by atoms with Gasteiger partial charge in [0.25, 0.3) is 0 Å². The molecule has 190 valence electrons. The second kappa shape index (κ2) is 12.4. The van der Waals surface area contributed by atoms with Crippen molar-refractivity contribution >= 4 is 39.1 Å². The van der Waals surface area contributed by atoms with E-state index in [-0.39, 0.29) is 11.9 Å².